The van der Waals surface area contributed by atoms with Gasteiger partial charge < -0.3 is 15.1 Å². The van der Waals surface area contributed by atoms with Crippen LogP contribution in [0.1, 0.15) is 39.0 Å². The van der Waals surface area contributed by atoms with Crippen molar-refractivity contribution in [3.8, 4) is 0 Å². The predicted molar refractivity (Wildman–Crippen MR) is 59.6 cm³/mol. The smallest absolute Gasteiger partial charge is 0.0700 e. The lowest BCUT2D eigenvalue weighted by Crippen LogP contribution is -2.54. The highest BCUT2D eigenvalue weighted by atomic mass is 16.3. The number of hydrogen-bond acceptors (Lipinski definition) is 3. The topological polar surface area (TPSA) is 43.7 Å². The molecule has 1 saturated carbocycles. The van der Waals surface area contributed by atoms with E-state index in [4.69, 9.17) is 0 Å². The maximum absolute atomic E-state index is 10.5. The molecule has 2 rings (SSSR count). The molecule has 0 aromatic heterocycles. The Morgan fingerprint density at radius 1 is 1.40 bits per heavy atom. The van der Waals surface area contributed by atoms with Crippen molar-refractivity contribution in [2.75, 3.05) is 19.6 Å². The van der Waals surface area contributed by atoms with Crippen molar-refractivity contribution in [1.29, 1.82) is 0 Å². The Labute approximate surface area is 92.1 Å². The fourth-order valence-corrected chi connectivity index (χ4v) is 3.18. The molecule has 15 heavy (non-hydrogen) atoms. The van der Waals surface area contributed by atoms with E-state index in [2.05, 4.69) is 4.90 Å². The van der Waals surface area contributed by atoms with Crippen molar-refractivity contribution in [3.05, 3.63) is 0 Å². The van der Waals surface area contributed by atoms with E-state index in [9.17, 15) is 10.2 Å². The maximum Gasteiger partial charge on any atom is 0.0700 e. The van der Waals surface area contributed by atoms with Gasteiger partial charge in [-0.3, -0.25) is 0 Å². The molecule has 3 heteroatoms. The molecule has 2 aliphatic rings. The molecular formula is C12H23NO2. The van der Waals surface area contributed by atoms with Crippen LogP contribution < -0.4 is 0 Å². The molecule has 2 unspecified atom stereocenters. The van der Waals surface area contributed by atoms with Crippen molar-refractivity contribution in [1.82, 2.24) is 4.90 Å². The van der Waals surface area contributed by atoms with E-state index in [0.717, 1.165) is 38.9 Å². The Kier molecular flexibility index (Phi) is 3.33. The highest BCUT2D eigenvalue weighted by Crippen LogP contribution is 2.39. The second-order valence-electron chi connectivity index (χ2n) is 5.40. The van der Waals surface area contributed by atoms with Gasteiger partial charge in [-0.05, 0) is 26.2 Å². The minimum atomic E-state index is -0.382. The van der Waals surface area contributed by atoms with E-state index < -0.39 is 0 Å². The molecule has 1 aliphatic carbocycles. The van der Waals surface area contributed by atoms with Gasteiger partial charge in [0.05, 0.1) is 11.7 Å². The molecule has 1 saturated heterocycles. The quantitative estimate of drug-likeness (QED) is 0.719. The molecule has 0 spiro atoms. The van der Waals surface area contributed by atoms with Crippen LogP contribution in [-0.2, 0) is 0 Å². The first-order valence-corrected chi connectivity index (χ1v) is 6.23. The van der Waals surface area contributed by atoms with Gasteiger partial charge in [0.1, 0.15) is 0 Å². The summed E-state index contributed by atoms with van der Waals surface area (Å²) in [4.78, 5) is 2.30. The lowest BCUT2D eigenvalue weighted by atomic mass is 9.71. The van der Waals surface area contributed by atoms with Gasteiger partial charge in [-0.1, -0.05) is 12.8 Å². The van der Waals surface area contributed by atoms with Crippen LogP contribution in [0.5, 0.6) is 0 Å². The first kappa shape index (κ1) is 11.4. The molecule has 0 aromatic carbocycles. The molecule has 88 valence electrons. The summed E-state index contributed by atoms with van der Waals surface area (Å²) in [5.74, 6) is 0.443. The standard InChI is InChI=1S/C12H23NO2/c1-10(14)8-13-7-6-12(15)5-3-2-4-11(12)9-13/h10-11,14-15H,2-9H2,1H3/t10-,11?,12?/m1/s1. The molecule has 3 nitrogen and oxygen atoms in total. The molecule has 1 aliphatic heterocycles. The van der Waals surface area contributed by atoms with Crippen LogP contribution in [-0.4, -0.2) is 46.5 Å². The Morgan fingerprint density at radius 2 is 2.20 bits per heavy atom. The van der Waals surface area contributed by atoms with Crippen LogP contribution in [0, 0.1) is 5.92 Å². The predicted octanol–water partition coefficient (Wildman–Crippen LogP) is 0.994. The highest BCUT2D eigenvalue weighted by Gasteiger charge is 2.42. The summed E-state index contributed by atoms with van der Waals surface area (Å²) >= 11 is 0. The summed E-state index contributed by atoms with van der Waals surface area (Å²) in [7, 11) is 0. The van der Waals surface area contributed by atoms with Crippen LogP contribution in [0.3, 0.4) is 0 Å². The second-order valence-corrected chi connectivity index (χ2v) is 5.40. The lowest BCUT2D eigenvalue weighted by molar-refractivity contribution is -0.0992. The van der Waals surface area contributed by atoms with Crippen molar-refractivity contribution in [3.63, 3.8) is 0 Å². The van der Waals surface area contributed by atoms with Crippen LogP contribution in [0.15, 0.2) is 0 Å². The van der Waals surface area contributed by atoms with E-state index >= 15 is 0 Å². The van der Waals surface area contributed by atoms with E-state index in [1.54, 1.807) is 0 Å². The van der Waals surface area contributed by atoms with Crippen LogP contribution in [0.4, 0.5) is 0 Å². The number of piperidine rings is 1. The Hall–Kier alpha value is -0.120. The summed E-state index contributed by atoms with van der Waals surface area (Å²) in [5.41, 5.74) is -0.382. The number of aliphatic hydroxyl groups is 2. The number of β-amino-alcohol motifs (C(OH)–C–C–N with tert-alkyl or cyclic N) is 1. The van der Waals surface area contributed by atoms with Gasteiger partial charge in [0.15, 0.2) is 0 Å². The Morgan fingerprint density at radius 3 is 2.93 bits per heavy atom. The molecule has 1 heterocycles. The maximum atomic E-state index is 10.5. The van der Waals surface area contributed by atoms with Crippen molar-refractivity contribution >= 4 is 0 Å². The summed E-state index contributed by atoms with van der Waals surface area (Å²) in [6, 6.07) is 0. The monoisotopic (exact) mass is 213 g/mol. The van der Waals surface area contributed by atoms with Crippen LogP contribution in [0.25, 0.3) is 0 Å². The number of rotatable bonds is 2. The van der Waals surface area contributed by atoms with Crippen molar-refractivity contribution in [2.24, 2.45) is 5.92 Å². The van der Waals surface area contributed by atoms with E-state index in [-0.39, 0.29) is 11.7 Å². The molecule has 2 fully saturated rings. The third-order valence-electron chi connectivity index (χ3n) is 4.03. The zero-order valence-corrected chi connectivity index (χ0v) is 9.65. The van der Waals surface area contributed by atoms with Gasteiger partial charge in [-0.2, -0.15) is 0 Å². The zero-order chi connectivity index (χ0) is 10.9. The third kappa shape index (κ3) is 2.52. The van der Waals surface area contributed by atoms with Gasteiger partial charge in [0.25, 0.3) is 0 Å². The minimum Gasteiger partial charge on any atom is -0.392 e. The Bertz CT molecular complexity index is 220. The molecule has 0 bridgehead atoms. The second kappa shape index (κ2) is 4.40. The number of hydrogen-bond donors (Lipinski definition) is 2. The molecule has 0 amide bonds. The fraction of sp³-hybridized carbons (Fsp3) is 1.00. The van der Waals surface area contributed by atoms with Crippen molar-refractivity contribution < 1.29 is 10.2 Å². The largest absolute Gasteiger partial charge is 0.392 e. The van der Waals surface area contributed by atoms with Gasteiger partial charge >= 0.3 is 0 Å². The minimum absolute atomic E-state index is 0.250. The lowest BCUT2D eigenvalue weighted by Gasteiger charge is -2.47. The molecule has 3 atom stereocenters. The number of nitrogens with zero attached hydrogens (tertiary/aromatic N) is 1. The molecule has 0 aromatic rings. The SMILES string of the molecule is C[C@@H](O)CN1CCC2(O)CCCCC2C1. The summed E-state index contributed by atoms with van der Waals surface area (Å²) in [6.45, 7) is 4.51. The normalized spacial score (nSPS) is 39.8. The molecular weight excluding hydrogens is 190 g/mol. The molecule has 0 radical (unpaired) electrons. The van der Waals surface area contributed by atoms with Gasteiger partial charge in [0.2, 0.25) is 0 Å². The number of fused-ring (bicyclic) bond motifs is 1. The van der Waals surface area contributed by atoms with E-state index in [1.807, 2.05) is 6.92 Å². The first-order valence-electron chi connectivity index (χ1n) is 6.23. The average molecular weight is 213 g/mol. The van der Waals surface area contributed by atoms with Gasteiger partial charge in [-0.15, -0.1) is 0 Å². The average Bonchev–Trinajstić information content (AvgIpc) is 2.17. The third-order valence-corrected chi connectivity index (χ3v) is 4.03. The summed E-state index contributed by atoms with van der Waals surface area (Å²) < 4.78 is 0. The molecule has 2 N–H and O–H groups in total. The number of aliphatic hydroxyl groups excluding tert-OH is 1. The van der Waals surface area contributed by atoms with Gasteiger partial charge in [-0.25, -0.2) is 0 Å². The Balaban J connectivity index is 1.93. The summed E-state index contributed by atoms with van der Waals surface area (Å²) in [5, 5.41) is 19.8. The summed E-state index contributed by atoms with van der Waals surface area (Å²) in [6.07, 6.45) is 5.23. The fourth-order valence-electron chi connectivity index (χ4n) is 3.18. The first-order chi connectivity index (χ1) is 7.10. The van der Waals surface area contributed by atoms with Crippen LogP contribution >= 0.6 is 0 Å². The van der Waals surface area contributed by atoms with Crippen LogP contribution in [0.2, 0.25) is 0 Å². The van der Waals surface area contributed by atoms with Crippen molar-refractivity contribution in [2.45, 2.75) is 50.7 Å². The number of likely N-dealkylation sites (tertiary alicyclic amines) is 1. The zero-order valence-electron chi connectivity index (χ0n) is 9.65. The van der Waals surface area contributed by atoms with E-state index in [1.165, 1.54) is 12.8 Å². The highest BCUT2D eigenvalue weighted by molar-refractivity contribution is 4.95. The van der Waals surface area contributed by atoms with E-state index in [0.29, 0.717) is 5.92 Å². The van der Waals surface area contributed by atoms with Gasteiger partial charge in [0, 0.05) is 25.6 Å².